The molecular formula is C27H39N3OSi. The van der Waals surface area contributed by atoms with Crippen LogP contribution in [0.5, 0.6) is 0 Å². The van der Waals surface area contributed by atoms with Crippen molar-refractivity contribution >= 4 is 8.32 Å². The molecule has 1 heterocycles. The van der Waals surface area contributed by atoms with Crippen LogP contribution in [-0.2, 0) is 24.1 Å². The van der Waals surface area contributed by atoms with E-state index in [1.54, 1.807) is 0 Å². The molecule has 0 radical (unpaired) electrons. The van der Waals surface area contributed by atoms with Gasteiger partial charge in [0.05, 0.1) is 0 Å². The minimum absolute atomic E-state index is 0.198. The first kappa shape index (κ1) is 24.4. The van der Waals surface area contributed by atoms with Crippen molar-refractivity contribution in [1.29, 1.82) is 0 Å². The summed E-state index contributed by atoms with van der Waals surface area (Å²) in [5.74, 6) is 0. The lowest BCUT2D eigenvalue weighted by molar-refractivity contribution is 0.103. The van der Waals surface area contributed by atoms with E-state index in [-0.39, 0.29) is 5.04 Å². The molecule has 0 aliphatic carbocycles. The van der Waals surface area contributed by atoms with E-state index in [0.717, 1.165) is 32.7 Å². The van der Waals surface area contributed by atoms with Crippen molar-refractivity contribution in [1.82, 2.24) is 14.7 Å². The third-order valence-corrected chi connectivity index (χ3v) is 11.2. The number of hydrogen-bond acceptors (Lipinski definition) is 3. The zero-order valence-corrected chi connectivity index (χ0v) is 21.4. The van der Waals surface area contributed by atoms with Gasteiger partial charge in [-0.05, 0) is 41.7 Å². The third kappa shape index (κ3) is 7.16. The van der Waals surface area contributed by atoms with Crippen LogP contribution in [0.4, 0.5) is 0 Å². The monoisotopic (exact) mass is 449 g/mol. The molecule has 0 spiro atoms. The van der Waals surface area contributed by atoms with Gasteiger partial charge < -0.3 is 4.43 Å². The first-order valence-electron chi connectivity index (χ1n) is 11.7. The zero-order chi connectivity index (χ0) is 23.0. The molecule has 0 aliphatic heterocycles. The molecule has 4 nitrogen and oxygen atoms in total. The fourth-order valence-electron chi connectivity index (χ4n) is 3.56. The van der Waals surface area contributed by atoms with Gasteiger partial charge in [0.2, 0.25) is 0 Å². The molecule has 2 aromatic carbocycles. The molecule has 32 heavy (non-hydrogen) atoms. The number of hydrogen-bond donors (Lipinski definition) is 0. The highest BCUT2D eigenvalue weighted by Gasteiger charge is 2.38. The van der Waals surface area contributed by atoms with Crippen LogP contribution in [0.15, 0.2) is 79.1 Å². The lowest BCUT2D eigenvalue weighted by Gasteiger charge is -2.39. The van der Waals surface area contributed by atoms with Crippen LogP contribution in [0.25, 0.3) is 0 Å². The Labute approximate surface area is 195 Å². The third-order valence-electron chi connectivity index (χ3n) is 6.67. The Morgan fingerprint density at radius 2 is 1.47 bits per heavy atom. The van der Waals surface area contributed by atoms with E-state index in [4.69, 9.17) is 4.43 Å². The van der Waals surface area contributed by atoms with E-state index in [1.165, 1.54) is 11.1 Å². The first-order chi connectivity index (χ1) is 15.2. The molecule has 5 heteroatoms. The number of aryl methyl sites for hydroxylation is 1. The molecule has 0 unspecified atom stereocenters. The highest BCUT2D eigenvalue weighted by atomic mass is 28.4. The molecule has 3 rings (SSSR count). The van der Waals surface area contributed by atoms with Gasteiger partial charge in [0.1, 0.15) is 0 Å². The van der Waals surface area contributed by atoms with Crippen molar-refractivity contribution in [3.05, 3.63) is 90.3 Å². The Hall–Kier alpha value is -2.21. The smallest absolute Gasteiger partial charge is 0.192 e. The van der Waals surface area contributed by atoms with E-state index >= 15 is 0 Å². The normalized spacial score (nSPS) is 13.4. The summed E-state index contributed by atoms with van der Waals surface area (Å²) in [6.45, 7) is 15.1. The van der Waals surface area contributed by atoms with Gasteiger partial charge in [-0.2, -0.15) is 5.10 Å². The zero-order valence-electron chi connectivity index (χ0n) is 20.4. The second-order valence-electron chi connectivity index (χ2n) is 10.2. The SMILES string of the molecule is CC(C)(C)[Si](C)(C)OC[C@H](CCn1cccn1)N(Cc1ccccc1)Cc1ccccc1. The fraction of sp³-hybridized carbons (Fsp3) is 0.444. The van der Waals surface area contributed by atoms with Crippen LogP contribution in [0.1, 0.15) is 38.3 Å². The molecule has 1 atom stereocenters. The fourth-order valence-corrected chi connectivity index (χ4v) is 4.60. The molecule has 0 saturated carbocycles. The maximum absolute atomic E-state index is 6.75. The quantitative estimate of drug-likeness (QED) is 0.319. The molecule has 0 saturated heterocycles. The Bertz CT molecular complexity index is 864. The van der Waals surface area contributed by atoms with E-state index in [1.807, 2.05) is 23.1 Å². The van der Waals surface area contributed by atoms with Gasteiger partial charge in [-0.3, -0.25) is 9.58 Å². The van der Waals surface area contributed by atoms with Gasteiger partial charge in [-0.15, -0.1) is 0 Å². The van der Waals surface area contributed by atoms with Gasteiger partial charge in [0.15, 0.2) is 8.32 Å². The van der Waals surface area contributed by atoms with Crippen molar-refractivity contribution in [3.8, 4) is 0 Å². The molecular weight excluding hydrogens is 410 g/mol. The number of aromatic nitrogens is 2. The molecule has 0 bridgehead atoms. The van der Waals surface area contributed by atoms with Crippen LogP contribution in [0.3, 0.4) is 0 Å². The maximum atomic E-state index is 6.75. The molecule has 0 N–H and O–H groups in total. The lowest BCUT2D eigenvalue weighted by atomic mass is 10.1. The summed E-state index contributed by atoms with van der Waals surface area (Å²) in [5, 5.41) is 4.63. The van der Waals surface area contributed by atoms with E-state index < -0.39 is 8.32 Å². The molecule has 0 amide bonds. The molecule has 172 valence electrons. The largest absolute Gasteiger partial charge is 0.415 e. The van der Waals surface area contributed by atoms with Gasteiger partial charge in [-0.25, -0.2) is 0 Å². The highest BCUT2D eigenvalue weighted by molar-refractivity contribution is 6.74. The van der Waals surface area contributed by atoms with Gasteiger partial charge in [0, 0.05) is 44.7 Å². The van der Waals surface area contributed by atoms with Crippen molar-refractivity contribution in [3.63, 3.8) is 0 Å². The summed E-state index contributed by atoms with van der Waals surface area (Å²) >= 11 is 0. The minimum Gasteiger partial charge on any atom is -0.415 e. The van der Waals surface area contributed by atoms with Crippen LogP contribution >= 0.6 is 0 Å². The van der Waals surface area contributed by atoms with Crippen molar-refractivity contribution < 1.29 is 4.43 Å². The summed E-state index contributed by atoms with van der Waals surface area (Å²) in [4.78, 5) is 2.58. The number of rotatable bonds is 11. The van der Waals surface area contributed by atoms with Gasteiger partial charge >= 0.3 is 0 Å². The predicted molar refractivity (Wildman–Crippen MR) is 136 cm³/mol. The lowest BCUT2D eigenvalue weighted by Crippen LogP contribution is -2.46. The van der Waals surface area contributed by atoms with Gasteiger partial charge in [-0.1, -0.05) is 81.4 Å². The Morgan fingerprint density at radius 1 is 0.906 bits per heavy atom. The topological polar surface area (TPSA) is 30.3 Å². The summed E-state index contributed by atoms with van der Waals surface area (Å²) in [6.07, 6.45) is 4.90. The summed E-state index contributed by atoms with van der Waals surface area (Å²) in [7, 11) is -1.84. The standard InChI is InChI=1S/C27H39N3OSi/c1-27(2,3)32(4,5)31-23-26(17-20-30-19-12-18-28-30)29(21-24-13-8-6-9-14-24)22-25-15-10-7-11-16-25/h6-16,18-19,26H,17,20-23H2,1-5H3/t26-/m0/s1. The van der Waals surface area contributed by atoms with E-state index in [0.29, 0.717) is 6.04 Å². The maximum Gasteiger partial charge on any atom is 0.192 e. The van der Waals surface area contributed by atoms with Crippen molar-refractivity contribution in [2.75, 3.05) is 6.61 Å². The number of nitrogens with zero attached hydrogens (tertiary/aromatic N) is 3. The minimum atomic E-state index is -1.84. The van der Waals surface area contributed by atoms with Crippen LogP contribution in [0, 0.1) is 0 Å². The number of benzene rings is 2. The van der Waals surface area contributed by atoms with Crippen LogP contribution < -0.4 is 0 Å². The predicted octanol–water partition coefficient (Wildman–Crippen LogP) is 6.37. The van der Waals surface area contributed by atoms with Crippen LogP contribution in [-0.4, -0.2) is 35.6 Å². The van der Waals surface area contributed by atoms with Gasteiger partial charge in [0.25, 0.3) is 0 Å². The van der Waals surface area contributed by atoms with E-state index in [9.17, 15) is 0 Å². The summed E-state index contributed by atoms with van der Waals surface area (Å²) in [6, 6.07) is 23.8. The summed E-state index contributed by atoms with van der Waals surface area (Å²) in [5.41, 5.74) is 2.67. The second kappa shape index (κ2) is 11.1. The summed E-state index contributed by atoms with van der Waals surface area (Å²) < 4.78 is 8.78. The average molecular weight is 450 g/mol. The average Bonchev–Trinajstić information content (AvgIpc) is 3.28. The Kier molecular flexibility index (Phi) is 8.46. The molecule has 1 aromatic heterocycles. The first-order valence-corrected chi connectivity index (χ1v) is 14.6. The highest BCUT2D eigenvalue weighted by Crippen LogP contribution is 2.37. The molecule has 3 aromatic rings. The second-order valence-corrected chi connectivity index (χ2v) is 15.0. The van der Waals surface area contributed by atoms with Crippen molar-refractivity contribution in [2.45, 2.75) is 71.0 Å². The van der Waals surface area contributed by atoms with Crippen LogP contribution in [0.2, 0.25) is 18.1 Å². The Balaban J connectivity index is 1.83. The van der Waals surface area contributed by atoms with E-state index in [2.05, 4.69) is 105 Å². The Morgan fingerprint density at radius 3 is 1.94 bits per heavy atom. The molecule has 0 fully saturated rings. The van der Waals surface area contributed by atoms with Crippen molar-refractivity contribution in [2.24, 2.45) is 0 Å². The molecule has 0 aliphatic rings.